The van der Waals surface area contributed by atoms with E-state index in [-0.39, 0.29) is 6.04 Å². The van der Waals surface area contributed by atoms with Crippen molar-refractivity contribution >= 4 is 23.6 Å². The summed E-state index contributed by atoms with van der Waals surface area (Å²) in [4.78, 5) is 6.71. The van der Waals surface area contributed by atoms with Crippen LogP contribution < -0.4 is 0 Å². The summed E-state index contributed by atoms with van der Waals surface area (Å²) in [5.41, 5.74) is 0.958. The number of thiophene rings is 1. The summed E-state index contributed by atoms with van der Waals surface area (Å²) in [5, 5.41) is 7.24. The van der Waals surface area contributed by atoms with Crippen LogP contribution in [0.2, 0.25) is 0 Å². The van der Waals surface area contributed by atoms with Crippen molar-refractivity contribution in [1.29, 1.82) is 0 Å². The topological polar surface area (TPSA) is 46.5 Å². The highest BCUT2D eigenvalue weighted by Gasteiger charge is 2.17. The first-order valence-electron chi connectivity index (χ1n) is 6.30. The first kappa shape index (κ1) is 13.2. The van der Waals surface area contributed by atoms with Gasteiger partial charge in [0, 0.05) is 27.7 Å². The normalized spacial score (nSPS) is 12.5. The van der Waals surface area contributed by atoms with E-state index in [0.29, 0.717) is 4.77 Å². The van der Waals surface area contributed by atoms with Crippen molar-refractivity contribution in [3.05, 3.63) is 51.2 Å². The number of rotatable bonds is 3. The van der Waals surface area contributed by atoms with Crippen LogP contribution in [0.5, 0.6) is 0 Å². The highest BCUT2D eigenvalue weighted by atomic mass is 32.1. The average molecular weight is 302 g/mol. The van der Waals surface area contributed by atoms with Gasteiger partial charge in [-0.3, -0.25) is 14.6 Å². The Labute approximate surface area is 126 Å². The van der Waals surface area contributed by atoms with Gasteiger partial charge < -0.3 is 0 Å². The summed E-state index contributed by atoms with van der Waals surface area (Å²) < 4.78 is 2.67. The first-order valence-corrected chi connectivity index (χ1v) is 7.53. The lowest BCUT2D eigenvalue weighted by atomic mass is 10.2. The van der Waals surface area contributed by atoms with E-state index >= 15 is 0 Å². The molecule has 3 rings (SSSR count). The molecule has 0 amide bonds. The Bertz CT molecular complexity index is 770. The lowest BCUT2D eigenvalue weighted by molar-refractivity contribution is 0.646. The highest BCUT2D eigenvalue weighted by Crippen LogP contribution is 2.29. The Balaban J connectivity index is 2.10. The van der Waals surface area contributed by atoms with E-state index in [0.717, 1.165) is 11.4 Å². The molecule has 0 spiro atoms. The van der Waals surface area contributed by atoms with Crippen LogP contribution >= 0.6 is 23.6 Å². The van der Waals surface area contributed by atoms with E-state index in [1.807, 2.05) is 16.7 Å². The van der Waals surface area contributed by atoms with Gasteiger partial charge in [-0.2, -0.15) is 5.10 Å². The number of nitrogens with zero attached hydrogens (tertiary/aromatic N) is 3. The average Bonchev–Trinajstić information content (AvgIpc) is 3.05. The van der Waals surface area contributed by atoms with Gasteiger partial charge in [0.1, 0.15) is 0 Å². The SMILES string of the molecule is Cc1ccc(C(C)n2c(-c3cccnc3)n[nH]c2=S)s1. The molecule has 0 aliphatic rings. The number of aryl methyl sites for hydroxylation is 1. The van der Waals surface area contributed by atoms with Crippen molar-refractivity contribution in [3.63, 3.8) is 0 Å². The molecule has 0 radical (unpaired) electrons. The van der Waals surface area contributed by atoms with Crippen molar-refractivity contribution in [2.75, 3.05) is 0 Å². The Hall–Kier alpha value is -1.79. The smallest absolute Gasteiger partial charge is 0.196 e. The van der Waals surface area contributed by atoms with Crippen molar-refractivity contribution in [3.8, 4) is 11.4 Å². The second kappa shape index (κ2) is 5.30. The van der Waals surface area contributed by atoms with Gasteiger partial charge in [0.15, 0.2) is 10.6 Å². The number of nitrogens with one attached hydrogen (secondary N) is 1. The molecule has 0 saturated carbocycles. The van der Waals surface area contributed by atoms with Gasteiger partial charge in [-0.05, 0) is 50.3 Å². The van der Waals surface area contributed by atoms with E-state index in [2.05, 4.69) is 41.2 Å². The Kier molecular flexibility index (Phi) is 3.50. The molecule has 0 bridgehead atoms. The zero-order valence-corrected chi connectivity index (χ0v) is 12.8. The molecule has 1 atom stereocenters. The minimum Gasteiger partial charge on any atom is -0.292 e. The number of hydrogen-bond acceptors (Lipinski definition) is 4. The Morgan fingerprint density at radius 3 is 2.85 bits per heavy atom. The standard InChI is InChI=1S/C14H14N4S2/c1-9-5-6-12(20-9)10(2)18-13(16-17-14(18)19)11-4-3-7-15-8-11/h3-8,10H,1-2H3,(H,17,19). The third-order valence-electron chi connectivity index (χ3n) is 3.18. The lowest BCUT2D eigenvalue weighted by Crippen LogP contribution is -2.07. The summed E-state index contributed by atoms with van der Waals surface area (Å²) in [6.07, 6.45) is 3.55. The highest BCUT2D eigenvalue weighted by molar-refractivity contribution is 7.71. The summed E-state index contributed by atoms with van der Waals surface area (Å²) >= 11 is 7.17. The van der Waals surface area contributed by atoms with E-state index < -0.39 is 0 Å². The molecule has 0 saturated heterocycles. The van der Waals surface area contributed by atoms with Crippen molar-refractivity contribution in [1.82, 2.24) is 19.7 Å². The van der Waals surface area contributed by atoms with E-state index in [1.54, 1.807) is 23.7 Å². The summed E-state index contributed by atoms with van der Waals surface area (Å²) in [6, 6.07) is 8.31. The molecule has 3 aromatic heterocycles. The van der Waals surface area contributed by atoms with Crippen molar-refractivity contribution in [2.24, 2.45) is 0 Å². The molecule has 102 valence electrons. The number of aromatic amines is 1. The minimum atomic E-state index is 0.148. The molecule has 3 aromatic rings. The van der Waals surface area contributed by atoms with Crippen LogP contribution in [0.25, 0.3) is 11.4 Å². The molecule has 0 fully saturated rings. The number of H-pyrrole nitrogens is 1. The molecule has 1 unspecified atom stereocenters. The number of pyridine rings is 1. The van der Waals surface area contributed by atoms with Gasteiger partial charge in [-0.1, -0.05) is 0 Å². The fourth-order valence-electron chi connectivity index (χ4n) is 2.17. The fourth-order valence-corrected chi connectivity index (χ4v) is 3.38. The van der Waals surface area contributed by atoms with Crippen LogP contribution in [0.15, 0.2) is 36.7 Å². The van der Waals surface area contributed by atoms with Gasteiger partial charge in [-0.15, -0.1) is 11.3 Å². The van der Waals surface area contributed by atoms with Crippen LogP contribution in [-0.2, 0) is 0 Å². The molecule has 6 heteroatoms. The zero-order valence-electron chi connectivity index (χ0n) is 11.2. The molecular formula is C14H14N4S2. The van der Waals surface area contributed by atoms with Crippen LogP contribution in [0, 0.1) is 11.7 Å². The summed E-state index contributed by atoms with van der Waals surface area (Å²) in [7, 11) is 0. The quantitative estimate of drug-likeness (QED) is 0.744. The predicted molar refractivity (Wildman–Crippen MR) is 83.5 cm³/mol. The van der Waals surface area contributed by atoms with Gasteiger partial charge >= 0.3 is 0 Å². The molecule has 20 heavy (non-hydrogen) atoms. The lowest BCUT2D eigenvalue weighted by Gasteiger charge is -2.14. The second-order valence-corrected chi connectivity index (χ2v) is 6.29. The minimum absolute atomic E-state index is 0.148. The molecule has 1 N–H and O–H groups in total. The zero-order chi connectivity index (χ0) is 14.1. The van der Waals surface area contributed by atoms with Crippen LogP contribution in [0.4, 0.5) is 0 Å². The molecule has 4 nitrogen and oxygen atoms in total. The maximum atomic E-state index is 5.38. The van der Waals surface area contributed by atoms with Crippen LogP contribution in [-0.4, -0.2) is 19.7 Å². The molecule has 3 heterocycles. The van der Waals surface area contributed by atoms with E-state index in [9.17, 15) is 0 Å². The van der Waals surface area contributed by atoms with Gasteiger partial charge in [0.05, 0.1) is 6.04 Å². The monoisotopic (exact) mass is 302 g/mol. The molecule has 0 aliphatic heterocycles. The summed E-state index contributed by atoms with van der Waals surface area (Å²) in [5.74, 6) is 0.821. The maximum Gasteiger partial charge on any atom is 0.196 e. The molecular weight excluding hydrogens is 288 g/mol. The second-order valence-electron chi connectivity index (χ2n) is 4.59. The van der Waals surface area contributed by atoms with E-state index in [1.165, 1.54) is 9.75 Å². The summed E-state index contributed by atoms with van der Waals surface area (Å²) in [6.45, 7) is 4.24. The van der Waals surface area contributed by atoms with Gasteiger partial charge in [0.25, 0.3) is 0 Å². The Morgan fingerprint density at radius 1 is 1.35 bits per heavy atom. The fraction of sp³-hybridized carbons (Fsp3) is 0.214. The third-order valence-corrected chi connectivity index (χ3v) is 4.64. The molecule has 0 aromatic carbocycles. The predicted octanol–water partition coefficient (Wildman–Crippen LogP) is 3.98. The van der Waals surface area contributed by atoms with Crippen LogP contribution in [0.1, 0.15) is 22.7 Å². The Morgan fingerprint density at radius 2 is 2.20 bits per heavy atom. The maximum absolute atomic E-state index is 5.38. The number of aromatic nitrogens is 4. The first-order chi connectivity index (χ1) is 9.66. The van der Waals surface area contributed by atoms with Crippen molar-refractivity contribution < 1.29 is 0 Å². The van der Waals surface area contributed by atoms with Gasteiger partial charge in [-0.25, -0.2) is 0 Å². The van der Waals surface area contributed by atoms with Gasteiger partial charge in [0.2, 0.25) is 0 Å². The van der Waals surface area contributed by atoms with E-state index in [4.69, 9.17) is 12.2 Å². The largest absolute Gasteiger partial charge is 0.292 e. The third kappa shape index (κ3) is 2.32. The van der Waals surface area contributed by atoms with Crippen molar-refractivity contribution in [2.45, 2.75) is 19.9 Å². The van der Waals surface area contributed by atoms with Crippen LogP contribution in [0.3, 0.4) is 0 Å². The molecule has 0 aliphatic carbocycles. The number of hydrogen-bond donors (Lipinski definition) is 1.